The van der Waals surface area contributed by atoms with Gasteiger partial charge >= 0.3 is 0 Å². The summed E-state index contributed by atoms with van der Waals surface area (Å²) < 4.78 is 30.9. The third kappa shape index (κ3) is 5.34. The quantitative estimate of drug-likeness (QED) is 0.615. The second kappa shape index (κ2) is 9.10. The topological polar surface area (TPSA) is 66.9 Å². The Kier molecular flexibility index (Phi) is 6.46. The van der Waals surface area contributed by atoms with Crippen molar-refractivity contribution in [3.63, 3.8) is 0 Å². The summed E-state index contributed by atoms with van der Waals surface area (Å²) in [7, 11) is -3.12. The lowest BCUT2D eigenvalue weighted by molar-refractivity contribution is 0.101. The highest BCUT2D eigenvalue weighted by atomic mass is 32.2. The van der Waals surface area contributed by atoms with Gasteiger partial charge in [0.2, 0.25) is 10.0 Å². The van der Waals surface area contributed by atoms with Crippen molar-refractivity contribution < 1.29 is 17.9 Å². The Morgan fingerprint density at radius 2 is 1.71 bits per heavy atom. The number of rotatable bonds is 7. The molecule has 4 rings (SSSR count). The van der Waals surface area contributed by atoms with Gasteiger partial charge in [-0.15, -0.1) is 0 Å². The van der Waals surface area contributed by atoms with Gasteiger partial charge in [0.05, 0.1) is 18.4 Å². The maximum absolute atomic E-state index is 12.3. The first-order valence-electron chi connectivity index (χ1n) is 10.8. The van der Waals surface area contributed by atoms with E-state index in [0.717, 1.165) is 38.0 Å². The van der Waals surface area contributed by atoms with Crippen molar-refractivity contribution in [2.24, 2.45) is 5.92 Å². The molecule has 2 aromatic rings. The Hall–Kier alpha value is -2.22. The molecule has 166 valence electrons. The number of nitrogens with zero attached hydrogens (tertiary/aromatic N) is 2. The number of hydrogen-bond acceptors (Lipinski definition) is 5. The molecule has 2 heterocycles. The van der Waals surface area contributed by atoms with Gasteiger partial charge in [0, 0.05) is 32.7 Å². The molecule has 2 aliphatic rings. The van der Waals surface area contributed by atoms with Crippen LogP contribution in [0.2, 0.25) is 0 Å². The number of ether oxygens (including phenoxy) is 1. The number of carbonyl (C=O) groups excluding carboxylic acids is 1. The van der Waals surface area contributed by atoms with Gasteiger partial charge in [0.25, 0.3) is 0 Å². The van der Waals surface area contributed by atoms with Crippen molar-refractivity contribution in [3.8, 4) is 5.75 Å². The van der Waals surface area contributed by atoms with E-state index in [4.69, 9.17) is 4.74 Å². The maximum atomic E-state index is 12.3. The molecule has 0 bridgehead atoms. The Bertz CT molecular complexity index is 1030. The zero-order valence-electron chi connectivity index (χ0n) is 18.2. The summed E-state index contributed by atoms with van der Waals surface area (Å²) in [4.78, 5) is 14.6. The van der Waals surface area contributed by atoms with E-state index in [2.05, 4.69) is 29.2 Å². The van der Waals surface area contributed by atoms with Crippen LogP contribution in [-0.2, 0) is 29.7 Å². The van der Waals surface area contributed by atoms with Crippen LogP contribution in [-0.4, -0.2) is 49.4 Å². The summed E-state index contributed by atoms with van der Waals surface area (Å²) >= 11 is 0. The van der Waals surface area contributed by atoms with Crippen LogP contribution >= 0.6 is 0 Å². The molecule has 0 unspecified atom stereocenters. The van der Waals surface area contributed by atoms with E-state index in [0.29, 0.717) is 36.9 Å². The highest BCUT2D eigenvalue weighted by Crippen LogP contribution is 2.28. The average molecular weight is 443 g/mol. The van der Waals surface area contributed by atoms with E-state index in [1.165, 1.54) is 21.7 Å². The standard InChI is InChI=1S/C24H30N2O4S/c1-18(27)23-13-20(14-25-15-21-5-3-4-6-22(21)16-25)7-8-24(23)30-17-19-9-11-26(12-10-19)31(2,28)29/h3-8,13,19H,9-12,14-17H2,1-2H3. The second-order valence-electron chi connectivity index (χ2n) is 8.72. The van der Waals surface area contributed by atoms with E-state index in [1.807, 2.05) is 18.2 Å². The first kappa shape index (κ1) is 22.0. The predicted molar refractivity (Wildman–Crippen MR) is 120 cm³/mol. The molecule has 0 atom stereocenters. The lowest BCUT2D eigenvalue weighted by Crippen LogP contribution is -2.39. The lowest BCUT2D eigenvalue weighted by atomic mass is 9.99. The molecule has 0 spiro atoms. The maximum Gasteiger partial charge on any atom is 0.211 e. The minimum absolute atomic E-state index is 0.00606. The molecule has 0 aliphatic carbocycles. The smallest absolute Gasteiger partial charge is 0.211 e. The zero-order valence-corrected chi connectivity index (χ0v) is 19.0. The summed E-state index contributed by atoms with van der Waals surface area (Å²) in [6, 6.07) is 14.4. The van der Waals surface area contributed by atoms with Gasteiger partial charge < -0.3 is 4.74 Å². The van der Waals surface area contributed by atoms with Crippen LogP contribution < -0.4 is 4.74 Å². The van der Waals surface area contributed by atoms with Crippen LogP contribution in [0.1, 0.15) is 46.8 Å². The molecule has 0 N–H and O–H groups in total. The van der Waals surface area contributed by atoms with E-state index >= 15 is 0 Å². The molecular formula is C24H30N2O4S. The zero-order chi connectivity index (χ0) is 22.0. The van der Waals surface area contributed by atoms with Gasteiger partial charge in [0.1, 0.15) is 5.75 Å². The number of sulfonamides is 1. The number of carbonyl (C=O) groups is 1. The molecule has 31 heavy (non-hydrogen) atoms. The van der Waals surface area contributed by atoms with Crippen LogP contribution in [0.25, 0.3) is 0 Å². The minimum Gasteiger partial charge on any atom is -0.493 e. The van der Waals surface area contributed by atoms with E-state index < -0.39 is 10.0 Å². The lowest BCUT2D eigenvalue weighted by Gasteiger charge is -2.30. The number of benzene rings is 2. The van der Waals surface area contributed by atoms with E-state index in [1.54, 1.807) is 6.92 Å². The fourth-order valence-corrected chi connectivity index (χ4v) is 5.34. The van der Waals surface area contributed by atoms with Crippen LogP contribution in [0.5, 0.6) is 5.75 Å². The molecule has 1 fully saturated rings. The first-order valence-corrected chi connectivity index (χ1v) is 12.7. The fourth-order valence-electron chi connectivity index (χ4n) is 4.47. The van der Waals surface area contributed by atoms with Gasteiger partial charge in [-0.05, 0) is 54.5 Å². The van der Waals surface area contributed by atoms with Crippen molar-refractivity contribution in [3.05, 3.63) is 64.7 Å². The number of hydrogen-bond donors (Lipinski definition) is 0. The average Bonchev–Trinajstić information content (AvgIpc) is 3.14. The first-order chi connectivity index (χ1) is 14.8. The third-order valence-corrected chi connectivity index (χ3v) is 7.56. The number of ketones is 1. The molecule has 1 saturated heterocycles. The Labute approximate surface area is 184 Å². The summed E-state index contributed by atoms with van der Waals surface area (Å²) in [5, 5.41) is 0. The molecular weight excluding hydrogens is 412 g/mol. The highest BCUT2D eigenvalue weighted by molar-refractivity contribution is 7.88. The fraction of sp³-hybridized carbons (Fsp3) is 0.458. The van der Waals surface area contributed by atoms with Crippen molar-refractivity contribution in [2.75, 3.05) is 26.0 Å². The van der Waals surface area contributed by atoms with Crippen molar-refractivity contribution in [1.82, 2.24) is 9.21 Å². The van der Waals surface area contributed by atoms with Crippen LogP contribution in [0.4, 0.5) is 0 Å². The second-order valence-corrected chi connectivity index (χ2v) is 10.7. The van der Waals surface area contributed by atoms with Gasteiger partial charge in [-0.25, -0.2) is 12.7 Å². The molecule has 0 aromatic heterocycles. The molecule has 0 amide bonds. The van der Waals surface area contributed by atoms with Crippen molar-refractivity contribution in [1.29, 1.82) is 0 Å². The van der Waals surface area contributed by atoms with E-state index in [-0.39, 0.29) is 5.78 Å². The van der Waals surface area contributed by atoms with Crippen molar-refractivity contribution >= 4 is 15.8 Å². The molecule has 2 aromatic carbocycles. The van der Waals surface area contributed by atoms with Crippen LogP contribution in [0.15, 0.2) is 42.5 Å². The van der Waals surface area contributed by atoms with Gasteiger partial charge in [-0.3, -0.25) is 9.69 Å². The Morgan fingerprint density at radius 3 is 2.29 bits per heavy atom. The molecule has 0 saturated carbocycles. The van der Waals surface area contributed by atoms with Crippen LogP contribution in [0, 0.1) is 5.92 Å². The predicted octanol–water partition coefficient (Wildman–Crippen LogP) is 3.46. The Morgan fingerprint density at radius 1 is 1.06 bits per heavy atom. The number of Topliss-reactive ketones (excluding diaryl/α,β-unsaturated/α-hetero) is 1. The number of fused-ring (bicyclic) bond motifs is 1. The van der Waals surface area contributed by atoms with Gasteiger partial charge in [0.15, 0.2) is 5.78 Å². The summed E-state index contributed by atoms with van der Waals surface area (Å²) in [6.45, 7) is 5.78. The minimum atomic E-state index is -3.12. The highest BCUT2D eigenvalue weighted by Gasteiger charge is 2.25. The van der Waals surface area contributed by atoms with Crippen LogP contribution in [0.3, 0.4) is 0 Å². The normalized spacial score (nSPS) is 18.1. The van der Waals surface area contributed by atoms with E-state index in [9.17, 15) is 13.2 Å². The van der Waals surface area contributed by atoms with Gasteiger partial charge in [-0.2, -0.15) is 0 Å². The summed E-state index contributed by atoms with van der Waals surface area (Å²) in [5.74, 6) is 0.903. The largest absolute Gasteiger partial charge is 0.493 e. The van der Waals surface area contributed by atoms with Gasteiger partial charge in [-0.1, -0.05) is 30.3 Å². The third-order valence-electron chi connectivity index (χ3n) is 6.25. The molecule has 6 nitrogen and oxygen atoms in total. The monoisotopic (exact) mass is 442 g/mol. The molecule has 0 radical (unpaired) electrons. The SMILES string of the molecule is CC(=O)c1cc(CN2Cc3ccccc3C2)ccc1OCC1CCN(S(C)(=O)=O)CC1. The molecule has 7 heteroatoms. The summed E-state index contributed by atoms with van der Waals surface area (Å²) in [5.41, 5.74) is 4.46. The number of piperidine rings is 1. The Balaban J connectivity index is 1.36. The summed E-state index contributed by atoms with van der Waals surface area (Å²) in [6.07, 6.45) is 2.80. The van der Waals surface area contributed by atoms with Crippen molar-refractivity contribution in [2.45, 2.75) is 39.4 Å². The molecule has 2 aliphatic heterocycles.